The van der Waals surface area contributed by atoms with Crippen LogP contribution in [0.4, 0.5) is 0 Å². The molecule has 0 fully saturated rings. The number of rotatable bonds is 5. The van der Waals surface area contributed by atoms with Crippen molar-refractivity contribution in [1.29, 1.82) is 0 Å². The molecule has 2 amide bonds. The van der Waals surface area contributed by atoms with Crippen LogP contribution in [0, 0.1) is 0 Å². The largest absolute Gasteiger partial charge is 0.488 e. The first-order chi connectivity index (χ1) is 9.06. The number of hydrogen-bond acceptors (Lipinski definition) is 4. The van der Waals surface area contributed by atoms with Crippen molar-refractivity contribution in [3.63, 3.8) is 0 Å². The number of carbonyl (C=O) groups excluding carboxylic acids is 2. The van der Waals surface area contributed by atoms with E-state index >= 15 is 0 Å². The maximum atomic E-state index is 11.6. The highest BCUT2D eigenvalue weighted by Crippen LogP contribution is 2.27. The van der Waals surface area contributed by atoms with Gasteiger partial charge in [-0.2, -0.15) is 0 Å². The van der Waals surface area contributed by atoms with Crippen molar-refractivity contribution in [1.82, 2.24) is 5.32 Å². The number of para-hydroxylation sites is 1. The van der Waals surface area contributed by atoms with Crippen LogP contribution in [0.5, 0.6) is 5.75 Å². The Morgan fingerprint density at radius 3 is 2.84 bits per heavy atom. The number of carbonyl (C=O) groups is 2. The van der Waals surface area contributed by atoms with Gasteiger partial charge in [-0.25, -0.2) is 0 Å². The number of benzene rings is 1. The van der Waals surface area contributed by atoms with Gasteiger partial charge < -0.3 is 21.5 Å². The Balaban J connectivity index is 1.79. The summed E-state index contributed by atoms with van der Waals surface area (Å²) >= 11 is 0. The van der Waals surface area contributed by atoms with Gasteiger partial charge in [0.15, 0.2) is 0 Å². The van der Waals surface area contributed by atoms with E-state index in [4.69, 9.17) is 16.2 Å². The Morgan fingerprint density at radius 2 is 2.16 bits per heavy atom. The Morgan fingerprint density at radius 1 is 1.42 bits per heavy atom. The molecule has 2 unspecified atom stereocenters. The van der Waals surface area contributed by atoms with Crippen LogP contribution in [-0.2, 0) is 16.0 Å². The third-order valence-corrected chi connectivity index (χ3v) is 2.98. The van der Waals surface area contributed by atoms with Crippen LogP contribution in [0.2, 0.25) is 0 Å². The molecule has 0 saturated heterocycles. The standard InChI is InChI=1S/C13H17N3O3/c14-10(6-12(15)17)13(18)16-7-9-5-8-3-1-2-4-11(8)19-9/h1-4,9-10H,5-7,14H2,(H2,15,17)(H,16,18). The predicted molar refractivity (Wildman–Crippen MR) is 69.4 cm³/mol. The molecule has 6 nitrogen and oxygen atoms in total. The average molecular weight is 263 g/mol. The van der Waals surface area contributed by atoms with E-state index in [1.54, 1.807) is 0 Å². The third kappa shape index (κ3) is 3.45. The molecule has 102 valence electrons. The van der Waals surface area contributed by atoms with E-state index in [2.05, 4.69) is 5.32 Å². The Kier molecular flexibility index (Phi) is 4.01. The van der Waals surface area contributed by atoms with Crippen molar-refractivity contribution in [3.8, 4) is 5.75 Å². The predicted octanol–water partition coefficient (Wildman–Crippen LogP) is -0.691. The Bertz CT molecular complexity index is 465. The van der Waals surface area contributed by atoms with E-state index in [1.165, 1.54) is 0 Å². The van der Waals surface area contributed by atoms with Gasteiger partial charge in [0, 0.05) is 6.42 Å². The molecule has 0 bridgehead atoms. The molecular weight excluding hydrogens is 246 g/mol. The zero-order chi connectivity index (χ0) is 13.8. The van der Waals surface area contributed by atoms with Gasteiger partial charge in [-0.3, -0.25) is 9.59 Å². The van der Waals surface area contributed by atoms with Crippen LogP contribution in [0.3, 0.4) is 0 Å². The maximum Gasteiger partial charge on any atom is 0.237 e. The molecule has 0 saturated carbocycles. The highest BCUT2D eigenvalue weighted by atomic mass is 16.5. The van der Waals surface area contributed by atoms with Crippen LogP contribution in [-0.4, -0.2) is 30.5 Å². The van der Waals surface area contributed by atoms with Gasteiger partial charge in [0.25, 0.3) is 0 Å². The number of nitrogens with one attached hydrogen (secondary N) is 1. The summed E-state index contributed by atoms with van der Waals surface area (Å²) in [6, 6.07) is 6.85. The Labute approximate surface area is 111 Å². The summed E-state index contributed by atoms with van der Waals surface area (Å²) in [5.74, 6) is -0.131. The minimum Gasteiger partial charge on any atom is -0.488 e. The quantitative estimate of drug-likeness (QED) is 0.653. The highest BCUT2D eigenvalue weighted by Gasteiger charge is 2.24. The summed E-state index contributed by atoms with van der Waals surface area (Å²) in [5, 5.41) is 2.67. The van der Waals surface area contributed by atoms with E-state index in [-0.39, 0.29) is 12.5 Å². The van der Waals surface area contributed by atoms with E-state index in [0.29, 0.717) is 6.54 Å². The summed E-state index contributed by atoms with van der Waals surface area (Å²) < 4.78 is 5.67. The van der Waals surface area contributed by atoms with Crippen molar-refractivity contribution >= 4 is 11.8 Å². The zero-order valence-corrected chi connectivity index (χ0v) is 10.5. The topological polar surface area (TPSA) is 107 Å². The molecule has 0 aliphatic carbocycles. The van der Waals surface area contributed by atoms with Gasteiger partial charge in [-0.1, -0.05) is 18.2 Å². The van der Waals surface area contributed by atoms with Gasteiger partial charge in [0.1, 0.15) is 11.9 Å². The van der Waals surface area contributed by atoms with Crippen LogP contribution in [0.25, 0.3) is 0 Å². The van der Waals surface area contributed by atoms with Crippen molar-refractivity contribution < 1.29 is 14.3 Å². The molecule has 0 spiro atoms. The summed E-state index contributed by atoms with van der Waals surface area (Å²) in [6.07, 6.45) is 0.501. The minimum absolute atomic E-state index is 0.0953. The molecule has 6 heteroatoms. The fourth-order valence-corrected chi connectivity index (χ4v) is 2.02. The van der Waals surface area contributed by atoms with Gasteiger partial charge in [0.2, 0.25) is 11.8 Å². The lowest BCUT2D eigenvalue weighted by Crippen LogP contribution is -2.45. The minimum atomic E-state index is -0.902. The second-order valence-electron chi connectivity index (χ2n) is 4.57. The molecule has 2 rings (SSSR count). The van der Waals surface area contributed by atoms with E-state index in [9.17, 15) is 9.59 Å². The average Bonchev–Trinajstić information content (AvgIpc) is 2.77. The molecule has 2 atom stereocenters. The molecule has 5 N–H and O–H groups in total. The van der Waals surface area contributed by atoms with E-state index in [0.717, 1.165) is 17.7 Å². The molecular formula is C13H17N3O3. The van der Waals surface area contributed by atoms with E-state index in [1.807, 2.05) is 24.3 Å². The number of ether oxygens (including phenoxy) is 1. The lowest BCUT2D eigenvalue weighted by atomic mass is 10.1. The lowest BCUT2D eigenvalue weighted by molar-refractivity contribution is -0.126. The van der Waals surface area contributed by atoms with Crippen LogP contribution in [0.15, 0.2) is 24.3 Å². The summed E-state index contributed by atoms with van der Waals surface area (Å²) in [6.45, 7) is 0.361. The molecule has 1 aliphatic rings. The normalized spacial score (nSPS) is 18.3. The number of fused-ring (bicyclic) bond motifs is 1. The van der Waals surface area contributed by atoms with Crippen LogP contribution < -0.4 is 21.5 Å². The summed E-state index contributed by atoms with van der Waals surface area (Å²) in [4.78, 5) is 22.3. The van der Waals surface area contributed by atoms with Crippen molar-refractivity contribution in [2.24, 2.45) is 11.5 Å². The first-order valence-electron chi connectivity index (χ1n) is 6.12. The van der Waals surface area contributed by atoms with E-state index < -0.39 is 17.9 Å². The third-order valence-electron chi connectivity index (χ3n) is 2.98. The van der Waals surface area contributed by atoms with Gasteiger partial charge >= 0.3 is 0 Å². The smallest absolute Gasteiger partial charge is 0.237 e. The summed E-state index contributed by atoms with van der Waals surface area (Å²) in [5.41, 5.74) is 11.6. The van der Waals surface area contributed by atoms with Crippen molar-refractivity contribution in [3.05, 3.63) is 29.8 Å². The fraction of sp³-hybridized carbons (Fsp3) is 0.385. The molecule has 1 aliphatic heterocycles. The zero-order valence-electron chi connectivity index (χ0n) is 10.5. The van der Waals surface area contributed by atoms with Gasteiger partial charge in [0.05, 0.1) is 19.0 Å². The van der Waals surface area contributed by atoms with Gasteiger partial charge in [-0.05, 0) is 11.6 Å². The Hall–Kier alpha value is -2.08. The molecule has 0 aromatic heterocycles. The molecule has 1 aromatic carbocycles. The molecule has 0 radical (unpaired) electrons. The molecule has 1 heterocycles. The molecule has 1 aromatic rings. The maximum absolute atomic E-state index is 11.6. The number of amides is 2. The number of nitrogens with two attached hydrogens (primary N) is 2. The van der Waals surface area contributed by atoms with Crippen LogP contribution in [0.1, 0.15) is 12.0 Å². The van der Waals surface area contributed by atoms with Crippen LogP contribution >= 0.6 is 0 Å². The second-order valence-corrected chi connectivity index (χ2v) is 4.57. The monoisotopic (exact) mass is 263 g/mol. The first kappa shape index (κ1) is 13.4. The van der Waals surface area contributed by atoms with Crippen molar-refractivity contribution in [2.45, 2.75) is 25.0 Å². The second kappa shape index (κ2) is 5.71. The summed E-state index contributed by atoms with van der Waals surface area (Å²) in [7, 11) is 0. The number of primary amides is 1. The highest BCUT2D eigenvalue weighted by molar-refractivity contribution is 5.87. The SMILES string of the molecule is NC(=O)CC(N)C(=O)NCC1Cc2ccccc2O1. The van der Waals surface area contributed by atoms with Gasteiger partial charge in [-0.15, -0.1) is 0 Å². The number of hydrogen-bond donors (Lipinski definition) is 3. The van der Waals surface area contributed by atoms with Crippen molar-refractivity contribution in [2.75, 3.05) is 6.54 Å². The fourth-order valence-electron chi connectivity index (χ4n) is 2.02. The first-order valence-corrected chi connectivity index (χ1v) is 6.12. The lowest BCUT2D eigenvalue weighted by Gasteiger charge is -2.14. The molecule has 19 heavy (non-hydrogen) atoms.